The third-order valence-corrected chi connectivity index (χ3v) is 15.8. The summed E-state index contributed by atoms with van der Waals surface area (Å²) in [5, 5.41) is 0. The summed E-state index contributed by atoms with van der Waals surface area (Å²) in [5.41, 5.74) is 27.0. The first kappa shape index (κ1) is 40.0. The zero-order valence-corrected chi connectivity index (χ0v) is 39.3. The molecule has 314 valence electrons. The Bertz CT molecular complexity index is 3020. The number of rotatable bonds is 4. The Labute approximate surface area is 377 Å². The van der Waals surface area contributed by atoms with Crippen LogP contribution in [-0.4, -0.2) is 6.71 Å². The predicted molar refractivity (Wildman–Crippen MR) is 272 cm³/mol. The minimum atomic E-state index is 0.0497. The molecule has 0 unspecified atom stereocenters. The van der Waals surface area contributed by atoms with Crippen LogP contribution in [0.4, 0.5) is 34.1 Å². The topological polar surface area (TPSA) is 6.48 Å². The third-order valence-electron chi connectivity index (χ3n) is 15.8. The number of hydrogen-bond acceptors (Lipinski definition) is 2. The van der Waals surface area contributed by atoms with Crippen molar-refractivity contribution in [3.05, 3.63) is 172 Å². The lowest BCUT2D eigenvalue weighted by atomic mass is 9.33. The zero-order chi connectivity index (χ0) is 44.0. The second-order valence-corrected chi connectivity index (χ2v) is 22.2. The highest BCUT2D eigenvalue weighted by atomic mass is 15.2. The van der Waals surface area contributed by atoms with Crippen molar-refractivity contribution in [3.63, 3.8) is 0 Å². The Morgan fingerprint density at radius 2 is 0.841 bits per heavy atom. The Hall–Kier alpha value is -5.80. The molecule has 0 N–H and O–H groups in total. The highest BCUT2D eigenvalue weighted by molar-refractivity contribution is 7.00. The van der Waals surface area contributed by atoms with E-state index in [1.54, 1.807) is 0 Å². The van der Waals surface area contributed by atoms with E-state index in [-0.39, 0.29) is 28.4 Å². The Balaban J connectivity index is 1.25. The predicted octanol–water partition coefficient (Wildman–Crippen LogP) is 14.3. The van der Waals surface area contributed by atoms with Crippen molar-refractivity contribution < 1.29 is 0 Å². The van der Waals surface area contributed by atoms with Crippen LogP contribution in [0.3, 0.4) is 0 Å². The minimum Gasteiger partial charge on any atom is -0.311 e. The summed E-state index contributed by atoms with van der Waals surface area (Å²) in [6, 6.07) is 51.6. The van der Waals surface area contributed by atoms with Crippen LogP contribution in [0.5, 0.6) is 0 Å². The summed E-state index contributed by atoms with van der Waals surface area (Å²) < 4.78 is 0. The summed E-state index contributed by atoms with van der Waals surface area (Å²) in [4.78, 5) is 5.34. The van der Waals surface area contributed by atoms with E-state index >= 15 is 0 Å². The molecule has 0 bridgehead atoms. The Morgan fingerprint density at radius 1 is 0.381 bits per heavy atom. The summed E-state index contributed by atoms with van der Waals surface area (Å²) in [6.07, 6.45) is 3.51. The van der Waals surface area contributed by atoms with Gasteiger partial charge in [-0.15, -0.1) is 0 Å². The lowest BCUT2D eigenvalue weighted by molar-refractivity contribution is 0.332. The molecule has 0 atom stereocenters. The monoisotopic (exact) mass is 820 g/mol. The molecular formula is C60H61BN2. The van der Waals surface area contributed by atoms with Crippen molar-refractivity contribution >= 4 is 57.2 Å². The number of fused-ring (bicyclic) bond motifs is 6. The van der Waals surface area contributed by atoms with Crippen LogP contribution in [0.1, 0.15) is 114 Å². The first-order chi connectivity index (χ1) is 29.9. The molecule has 11 rings (SSSR count). The van der Waals surface area contributed by atoms with Gasteiger partial charge in [0.1, 0.15) is 0 Å². The van der Waals surface area contributed by atoms with E-state index in [1.807, 2.05) is 0 Å². The second-order valence-electron chi connectivity index (χ2n) is 22.2. The van der Waals surface area contributed by atoms with E-state index in [4.69, 9.17) is 0 Å². The largest absolute Gasteiger partial charge is 0.311 e. The molecule has 2 aliphatic carbocycles. The van der Waals surface area contributed by atoms with Gasteiger partial charge in [-0.1, -0.05) is 152 Å². The number of hydrogen-bond donors (Lipinski definition) is 0. The molecule has 0 saturated heterocycles. The van der Waals surface area contributed by atoms with Crippen LogP contribution in [-0.2, 0) is 21.7 Å². The average molecular weight is 821 g/mol. The molecule has 7 aromatic rings. The molecule has 3 heteroatoms. The van der Waals surface area contributed by atoms with Gasteiger partial charge in [-0.25, -0.2) is 0 Å². The van der Waals surface area contributed by atoms with Crippen LogP contribution in [0, 0.1) is 20.8 Å². The van der Waals surface area contributed by atoms with Crippen molar-refractivity contribution in [2.75, 3.05) is 9.80 Å². The van der Waals surface area contributed by atoms with Crippen molar-refractivity contribution in [1.82, 2.24) is 0 Å². The van der Waals surface area contributed by atoms with Crippen molar-refractivity contribution in [3.8, 4) is 22.3 Å². The summed E-state index contributed by atoms with van der Waals surface area (Å²) in [7, 11) is 0. The molecule has 0 fully saturated rings. The minimum absolute atomic E-state index is 0.0497. The molecule has 2 aliphatic heterocycles. The quantitative estimate of drug-likeness (QED) is 0.163. The SMILES string of the molecule is Cc1cc2c3c(c1)N(c1cc4c(cc1C)C(C)(C)CCC4(C)C)c1cc4c(cc1B3c1ccc(-c3ccccc3)cc1N2c1cc(-c2ccccc2)ccc1C)C(C)(C)CC4(C)C. The highest BCUT2D eigenvalue weighted by Gasteiger charge is 2.49. The summed E-state index contributed by atoms with van der Waals surface area (Å²) in [6.45, 7) is 26.7. The van der Waals surface area contributed by atoms with Gasteiger partial charge < -0.3 is 9.80 Å². The smallest absolute Gasteiger partial charge is 0.252 e. The first-order valence-corrected chi connectivity index (χ1v) is 23.4. The van der Waals surface area contributed by atoms with Crippen molar-refractivity contribution in [2.24, 2.45) is 0 Å². The van der Waals surface area contributed by atoms with Crippen molar-refractivity contribution in [2.45, 2.75) is 117 Å². The molecule has 2 nitrogen and oxygen atoms in total. The Kier molecular flexibility index (Phi) is 8.64. The van der Waals surface area contributed by atoms with Crippen LogP contribution < -0.4 is 26.2 Å². The molecule has 2 heterocycles. The molecule has 4 aliphatic rings. The fraction of sp³-hybridized carbons (Fsp3) is 0.300. The van der Waals surface area contributed by atoms with Crippen LogP contribution in [0.15, 0.2) is 133 Å². The van der Waals surface area contributed by atoms with E-state index in [0.29, 0.717) is 0 Å². The first-order valence-electron chi connectivity index (χ1n) is 23.4. The van der Waals surface area contributed by atoms with E-state index in [0.717, 1.165) is 6.42 Å². The van der Waals surface area contributed by atoms with Crippen LogP contribution in [0.25, 0.3) is 22.3 Å². The molecule has 0 amide bonds. The molecule has 0 spiro atoms. The molecule has 0 radical (unpaired) electrons. The number of anilines is 6. The fourth-order valence-corrected chi connectivity index (χ4v) is 12.5. The van der Waals surface area contributed by atoms with Gasteiger partial charge in [0.05, 0.1) is 0 Å². The van der Waals surface area contributed by atoms with Gasteiger partial charge in [-0.3, -0.25) is 0 Å². The van der Waals surface area contributed by atoms with Gasteiger partial charge in [-0.05, 0) is 176 Å². The highest BCUT2D eigenvalue weighted by Crippen LogP contribution is 2.55. The van der Waals surface area contributed by atoms with Gasteiger partial charge in [0.2, 0.25) is 0 Å². The van der Waals surface area contributed by atoms with Crippen molar-refractivity contribution in [1.29, 1.82) is 0 Å². The molecular weight excluding hydrogens is 759 g/mol. The van der Waals surface area contributed by atoms with E-state index in [1.165, 1.54) is 125 Å². The number of aryl methyl sites for hydroxylation is 3. The molecule has 0 saturated carbocycles. The van der Waals surface area contributed by atoms with Gasteiger partial charge in [0, 0.05) is 34.1 Å². The molecule has 63 heavy (non-hydrogen) atoms. The molecule has 7 aromatic carbocycles. The maximum Gasteiger partial charge on any atom is 0.252 e. The lowest BCUT2D eigenvalue weighted by Gasteiger charge is -2.47. The van der Waals surface area contributed by atoms with Gasteiger partial charge in [-0.2, -0.15) is 0 Å². The zero-order valence-electron chi connectivity index (χ0n) is 39.3. The normalized spacial score (nSPS) is 18.0. The summed E-state index contributed by atoms with van der Waals surface area (Å²) in [5.74, 6) is 0. The lowest BCUT2D eigenvalue weighted by Crippen LogP contribution is -2.61. The van der Waals surface area contributed by atoms with E-state index < -0.39 is 0 Å². The van der Waals surface area contributed by atoms with Crippen LogP contribution in [0.2, 0.25) is 0 Å². The fourth-order valence-electron chi connectivity index (χ4n) is 12.5. The average Bonchev–Trinajstić information content (AvgIpc) is 3.44. The van der Waals surface area contributed by atoms with E-state index in [9.17, 15) is 0 Å². The van der Waals surface area contributed by atoms with Gasteiger partial charge in [0.15, 0.2) is 0 Å². The molecule has 0 aromatic heterocycles. The number of nitrogens with zero attached hydrogens (tertiary/aromatic N) is 2. The Morgan fingerprint density at radius 3 is 1.43 bits per heavy atom. The second kappa shape index (κ2) is 13.6. The van der Waals surface area contributed by atoms with E-state index in [2.05, 4.69) is 219 Å². The van der Waals surface area contributed by atoms with Crippen LogP contribution >= 0.6 is 0 Å². The number of benzene rings is 7. The summed E-state index contributed by atoms with van der Waals surface area (Å²) >= 11 is 0. The van der Waals surface area contributed by atoms with Gasteiger partial charge in [0.25, 0.3) is 6.71 Å². The standard InChI is InChI=1S/C60H61BN2/c1-37-28-54-56-55(29-37)63(51-34-46-44(30-39(51)3)57(4,5)26-27-58(46,6)7)53-35-47-45(59(8,9)36-60(47,10)11)33-49(53)61(56)48-25-24-43(41-20-16-13-17-21-41)32-52(48)62(54)50-31-42(23-22-38(50)2)40-18-14-12-15-19-40/h12-25,28-35H,26-27,36H2,1-11H3. The maximum atomic E-state index is 2.71. The van der Waals surface area contributed by atoms with Gasteiger partial charge >= 0.3 is 0 Å². The third kappa shape index (κ3) is 6.05. The maximum absolute atomic E-state index is 2.71.